The van der Waals surface area contributed by atoms with E-state index in [0.717, 1.165) is 22.2 Å². The number of benzene rings is 2. The molecule has 3 rings (SSSR count). The van der Waals surface area contributed by atoms with Gasteiger partial charge in [0.2, 0.25) is 11.8 Å². The van der Waals surface area contributed by atoms with E-state index in [2.05, 4.69) is 4.98 Å². The van der Waals surface area contributed by atoms with Crippen LogP contribution in [0, 0.1) is 0 Å². The van der Waals surface area contributed by atoms with E-state index >= 15 is 0 Å². The highest BCUT2D eigenvalue weighted by molar-refractivity contribution is 5.97. The summed E-state index contributed by atoms with van der Waals surface area (Å²) in [6.07, 6.45) is 2.05. The van der Waals surface area contributed by atoms with Crippen LogP contribution in [0.2, 0.25) is 0 Å². The molecule has 0 bridgehead atoms. The number of nitrogens with zero attached hydrogens (tertiary/aromatic N) is 2. The van der Waals surface area contributed by atoms with Crippen LogP contribution in [0.3, 0.4) is 0 Å². The Labute approximate surface area is 146 Å². The van der Waals surface area contributed by atoms with Gasteiger partial charge in [0.15, 0.2) is 0 Å². The van der Waals surface area contributed by atoms with E-state index < -0.39 is 5.91 Å². The molecule has 0 spiro atoms. The van der Waals surface area contributed by atoms with Crippen LogP contribution in [0.1, 0.15) is 12.0 Å². The lowest BCUT2D eigenvalue weighted by Crippen LogP contribution is -2.35. The summed E-state index contributed by atoms with van der Waals surface area (Å²) in [5.41, 5.74) is 7.70. The van der Waals surface area contributed by atoms with Crippen molar-refractivity contribution in [2.24, 2.45) is 5.73 Å². The molecule has 0 saturated carbocycles. The molecule has 0 radical (unpaired) electrons. The predicted octanol–water partition coefficient (Wildman–Crippen LogP) is 2.69. The molecule has 0 saturated heterocycles. The summed E-state index contributed by atoms with van der Waals surface area (Å²) in [4.78, 5) is 30.1. The summed E-state index contributed by atoms with van der Waals surface area (Å²) >= 11 is 0. The van der Waals surface area contributed by atoms with Gasteiger partial charge in [-0.3, -0.25) is 14.6 Å². The van der Waals surface area contributed by atoms with E-state index in [0.29, 0.717) is 0 Å². The van der Waals surface area contributed by atoms with Gasteiger partial charge in [-0.2, -0.15) is 0 Å². The van der Waals surface area contributed by atoms with Gasteiger partial charge in [0.05, 0.1) is 11.9 Å². The molecule has 0 unspecified atom stereocenters. The minimum Gasteiger partial charge on any atom is -0.370 e. The van der Waals surface area contributed by atoms with Crippen LogP contribution < -0.4 is 10.6 Å². The van der Waals surface area contributed by atoms with Gasteiger partial charge >= 0.3 is 0 Å². The second-order valence-corrected chi connectivity index (χ2v) is 5.77. The van der Waals surface area contributed by atoms with Gasteiger partial charge in [-0.1, -0.05) is 42.5 Å². The molecule has 5 heteroatoms. The van der Waals surface area contributed by atoms with E-state index in [4.69, 9.17) is 5.73 Å². The van der Waals surface area contributed by atoms with Gasteiger partial charge in [0, 0.05) is 30.2 Å². The molecule has 0 atom stereocenters. The Bertz CT molecular complexity index is 888. The number of para-hydroxylation sites is 2. The second-order valence-electron chi connectivity index (χ2n) is 5.77. The first-order valence-corrected chi connectivity index (χ1v) is 8.11. The average Bonchev–Trinajstić information content (AvgIpc) is 2.63. The highest BCUT2D eigenvalue weighted by Crippen LogP contribution is 2.20. The molecular weight excluding hydrogens is 314 g/mol. The number of aromatic nitrogens is 1. The number of rotatable bonds is 6. The fourth-order valence-corrected chi connectivity index (χ4v) is 2.80. The Kier molecular flexibility index (Phi) is 5.04. The second kappa shape index (κ2) is 7.57. The van der Waals surface area contributed by atoms with Crippen molar-refractivity contribution in [3.05, 3.63) is 72.4 Å². The predicted molar refractivity (Wildman–Crippen MR) is 98.1 cm³/mol. The summed E-state index contributed by atoms with van der Waals surface area (Å²) in [6, 6.07) is 18.9. The van der Waals surface area contributed by atoms with Crippen molar-refractivity contribution in [3.63, 3.8) is 0 Å². The zero-order valence-corrected chi connectivity index (χ0v) is 13.8. The van der Waals surface area contributed by atoms with Crippen molar-refractivity contribution >= 4 is 28.4 Å². The zero-order valence-electron chi connectivity index (χ0n) is 13.8. The third kappa shape index (κ3) is 4.01. The SMILES string of the molecule is NC(=O)CCN(C(=O)Cc1cccc2cccnc12)c1ccccc1. The van der Waals surface area contributed by atoms with Gasteiger partial charge < -0.3 is 10.6 Å². The van der Waals surface area contributed by atoms with Gasteiger partial charge in [0.1, 0.15) is 0 Å². The quantitative estimate of drug-likeness (QED) is 0.753. The molecule has 2 amide bonds. The van der Waals surface area contributed by atoms with Crippen LogP contribution >= 0.6 is 0 Å². The molecule has 3 aromatic rings. The van der Waals surface area contributed by atoms with E-state index in [-0.39, 0.29) is 25.3 Å². The number of nitrogens with two attached hydrogens (primary N) is 1. The summed E-state index contributed by atoms with van der Waals surface area (Å²) < 4.78 is 0. The number of anilines is 1. The highest BCUT2D eigenvalue weighted by Gasteiger charge is 2.18. The van der Waals surface area contributed by atoms with E-state index in [1.165, 1.54) is 0 Å². The lowest BCUT2D eigenvalue weighted by atomic mass is 10.1. The number of hydrogen-bond donors (Lipinski definition) is 1. The van der Waals surface area contributed by atoms with Crippen molar-refractivity contribution in [2.45, 2.75) is 12.8 Å². The summed E-state index contributed by atoms with van der Waals surface area (Å²) in [5.74, 6) is -0.522. The molecule has 1 heterocycles. The van der Waals surface area contributed by atoms with Gasteiger partial charge in [-0.05, 0) is 23.8 Å². The van der Waals surface area contributed by atoms with E-state index in [1.54, 1.807) is 11.1 Å². The number of hydrogen-bond acceptors (Lipinski definition) is 3. The van der Waals surface area contributed by atoms with Crippen LogP contribution in [0.25, 0.3) is 10.9 Å². The maximum atomic E-state index is 12.9. The standard InChI is InChI=1S/C20H19N3O2/c21-18(24)11-13-23(17-9-2-1-3-10-17)19(25)14-16-7-4-6-15-8-5-12-22-20(15)16/h1-10,12H,11,13-14H2,(H2,21,24). The highest BCUT2D eigenvalue weighted by atomic mass is 16.2. The Balaban J connectivity index is 1.88. The molecule has 2 N–H and O–H groups in total. The molecule has 25 heavy (non-hydrogen) atoms. The van der Waals surface area contributed by atoms with Crippen LogP contribution in [0.15, 0.2) is 66.9 Å². The largest absolute Gasteiger partial charge is 0.370 e. The normalized spacial score (nSPS) is 10.6. The molecule has 126 valence electrons. The number of carbonyl (C=O) groups is 2. The minimum absolute atomic E-state index is 0.0920. The minimum atomic E-state index is -0.430. The molecule has 5 nitrogen and oxygen atoms in total. The third-order valence-electron chi connectivity index (χ3n) is 4.01. The van der Waals surface area contributed by atoms with Crippen molar-refractivity contribution in [3.8, 4) is 0 Å². The summed E-state index contributed by atoms with van der Waals surface area (Å²) in [6.45, 7) is 0.260. The summed E-state index contributed by atoms with van der Waals surface area (Å²) in [5, 5.41) is 0.996. The lowest BCUT2D eigenvalue weighted by Gasteiger charge is -2.22. The first-order chi connectivity index (χ1) is 12.1. The molecule has 2 aromatic carbocycles. The number of carbonyl (C=O) groups excluding carboxylic acids is 2. The van der Waals surface area contributed by atoms with Gasteiger partial charge in [-0.25, -0.2) is 0 Å². The maximum Gasteiger partial charge on any atom is 0.231 e. The molecule has 0 fully saturated rings. The van der Waals surface area contributed by atoms with Crippen molar-refractivity contribution in [1.82, 2.24) is 4.98 Å². The van der Waals surface area contributed by atoms with Gasteiger partial charge in [0.25, 0.3) is 0 Å². The van der Waals surface area contributed by atoms with E-state index in [1.807, 2.05) is 60.7 Å². The number of pyridine rings is 1. The topological polar surface area (TPSA) is 76.3 Å². The van der Waals surface area contributed by atoms with E-state index in [9.17, 15) is 9.59 Å². The first kappa shape index (κ1) is 16.6. The number of primary amides is 1. The van der Waals surface area contributed by atoms with Gasteiger partial charge in [-0.15, -0.1) is 0 Å². The maximum absolute atomic E-state index is 12.9. The Morgan fingerprint density at radius 2 is 1.72 bits per heavy atom. The number of amides is 2. The van der Waals surface area contributed by atoms with Crippen LogP contribution in [-0.2, 0) is 16.0 Å². The lowest BCUT2D eigenvalue weighted by molar-refractivity contribution is -0.118. The zero-order chi connectivity index (χ0) is 17.6. The Morgan fingerprint density at radius 1 is 0.960 bits per heavy atom. The Hall–Kier alpha value is -3.21. The first-order valence-electron chi connectivity index (χ1n) is 8.11. The smallest absolute Gasteiger partial charge is 0.231 e. The summed E-state index contributed by atoms with van der Waals surface area (Å²) in [7, 11) is 0. The third-order valence-corrected chi connectivity index (χ3v) is 4.01. The fraction of sp³-hybridized carbons (Fsp3) is 0.150. The van der Waals surface area contributed by atoms with Crippen LogP contribution in [0.4, 0.5) is 5.69 Å². The van der Waals surface area contributed by atoms with Crippen molar-refractivity contribution in [2.75, 3.05) is 11.4 Å². The Morgan fingerprint density at radius 3 is 2.48 bits per heavy atom. The molecule has 0 aliphatic rings. The van der Waals surface area contributed by atoms with Crippen LogP contribution in [-0.4, -0.2) is 23.3 Å². The monoisotopic (exact) mass is 333 g/mol. The molecule has 0 aliphatic heterocycles. The van der Waals surface area contributed by atoms with Crippen LogP contribution in [0.5, 0.6) is 0 Å². The van der Waals surface area contributed by atoms with Crippen molar-refractivity contribution in [1.29, 1.82) is 0 Å². The van der Waals surface area contributed by atoms with Crippen molar-refractivity contribution < 1.29 is 9.59 Å². The molecule has 0 aliphatic carbocycles. The molecular formula is C20H19N3O2. The fourth-order valence-electron chi connectivity index (χ4n) is 2.80. The average molecular weight is 333 g/mol. The number of fused-ring (bicyclic) bond motifs is 1. The molecule has 1 aromatic heterocycles.